The molecule has 0 spiro atoms. The second kappa shape index (κ2) is 9.91. The van der Waals surface area contributed by atoms with Crippen LogP contribution in [0, 0.1) is 0 Å². The Morgan fingerprint density at radius 1 is 0.879 bits per heavy atom. The van der Waals surface area contributed by atoms with Gasteiger partial charge in [0.25, 0.3) is 0 Å². The Hall–Kier alpha value is -3.59. The third-order valence-electron chi connectivity index (χ3n) is 4.73. The number of para-hydroxylation sites is 1. The van der Waals surface area contributed by atoms with Gasteiger partial charge in [-0.25, -0.2) is 0 Å². The smallest absolute Gasteiger partial charge is 0.325 e. The molecule has 0 saturated heterocycles. The second-order valence-electron chi connectivity index (χ2n) is 7.14. The Morgan fingerprint density at radius 3 is 2.06 bits per heavy atom. The van der Waals surface area contributed by atoms with Crippen LogP contribution in [0.3, 0.4) is 0 Å². The van der Waals surface area contributed by atoms with Gasteiger partial charge in [-0.1, -0.05) is 90.6 Å². The minimum absolute atomic E-state index is 0.00300. The highest BCUT2D eigenvalue weighted by Gasteiger charge is 2.47. The van der Waals surface area contributed by atoms with Crippen LogP contribution >= 0.6 is 11.8 Å². The Labute approximate surface area is 192 Å². The molecule has 4 aromatic rings. The first-order valence-corrected chi connectivity index (χ1v) is 10.9. The molecule has 168 valence electrons. The standard InChI is InChI=1S/C24H19F3N4OS/c25-24(26,27)20(22(32)28-19-14-8-3-9-15-19)33-23-30-29-21(18-12-6-2-7-13-18)31(23)16-17-10-4-1-5-11-17/h1-15,20H,16H2,(H,28,32). The number of hydrogen-bond acceptors (Lipinski definition) is 4. The first-order chi connectivity index (χ1) is 15.9. The number of carbonyl (C=O) groups is 1. The SMILES string of the molecule is O=C(Nc1ccccc1)C(Sc1nnc(-c2ccccc2)n1Cc1ccccc1)C(F)(F)F. The van der Waals surface area contributed by atoms with Crippen molar-refractivity contribution in [2.75, 3.05) is 5.32 Å². The van der Waals surface area contributed by atoms with Crippen LogP contribution in [0.5, 0.6) is 0 Å². The third-order valence-corrected chi connectivity index (χ3v) is 5.96. The van der Waals surface area contributed by atoms with Gasteiger partial charge in [0, 0.05) is 11.3 Å². The molecule has 1 heterocycles. The minimum Gasteiger partial charge on any atom is -0.325 e. The highest BCUT2D eigenvalue weighted by molar-refractivity contribution is 8.00. The van der Waals surface area contributed by atoms with Gasteiger partial charge in [0.1, 0.15) is 0 Å². The van der Waals surface area contributed by atoms with Crippen molar-refractivity contribution in [3.63, 3.8) is 0 Å². The number of nitrogens with one attached hydrogen (secondary N) is 1. The van der Waals surface area contributed by atoms with Gasteiger partial charge >= 0.3 is 6.18 Å². The molecule has 0 aliphatic heterocycles. The van der Waals surface area contributed by atoms with Crippen LogP contribution in [0.4, 0.5) is 18.9 Å². The van der Waals surface area contributed by atoms with Gasteiger partial charge in [-0.3, -0.25) is 9.36 Å². The monoisotopic (exact) mass is 468 g/mol. The average Bonchev–Trinajstić information content (AvgIpc) is 3.20. The van der Waals surface area contributed by atoms with E-state index in [1.54, 1.807) is 22.8 Å². The largest absolute Gasteiger partial charge is 0.409 e. The Bertz CT molecular complexity index is 1200. The lowest BCUT2D eigenvalue weighted by molar-refractivity contribution is -0.146. The highest BCUT2D eigenvalue weighted by atomic mass is 32.2. The van der Waals surface area contributed by atoms with E-state index < -0.39 is 17.3 Å². The maximum atomic E-state index is 13.9. The molecular formula is C24H19F3N4OS. The zero-order valence-electron chi connectivity index (χ0n) is 17.2. The summed E-state index contributed by atoms with van der Waals surface area (Å²) in [6.45, 7) is 0.255. The normalized spacial score (nSPS) is 12.3. The number of benzene rings is 3. The van der Waals surface area contributed by atoms with Gasteiger partial charge in [-0.2, -0.15) is 13.2 Å². The number of anilines is 1. The topological polar surface area (TPSA) is 59.8 Å². The van der Waals surface area contributed by atoms with Gasteiger partial charge in [-0.15, -0.1) is 10.2 Å². The molecule has 0 fully saturated rings. The van der Waals surface area contributed by atoms with Crippen LogP contribution in [-0.2, 0) is 11.3 Å². The molecule has 0 saturated carbocycles. The minimum atomic E-state index is -4.79. The molecule has 1 aromatic heterocycles. The molecule has 3 aromatic carbocycles. The number of carbonyl (C=O) groups excluding carboxylic acids is 1. The summed E-state index contributed by atoms with van der Waals surface area (Å²) in [5.74, 6) is -0.749. The van der Waals surface area contributed by atoms with Crippen LogP contribution < -0.4 is 5.32 Å². The van der Waals surface area contributed by atoms with Crippen molar-refractivity contribution in [3.8, 4) is 11.4 Å². The molecule has 4 rings (SSSR count). The van der Waals surface area contributed by atoms with Crippen molar-refractivity contribution >= 4 is 23.4 Å². The van der Waals surface area contributed by atoms with E-state index in [0.717, 1.165) is 5.56 Å². The quantitative estimate of drug-likeness (QED) is 0.356. The molecule has 0 aliphatic carbocycles. The molecule has 5 nitrogen and oxygen atoms in total. The van der Waals surface area contributed by atoms with Gasteiger partial charge in [-0.05, 0) is 17.7 Å². The van der Waals surface area contributed by atoms with Crippen molar-refractivity contribution in [3.05, 3.63) is 96.6 Å². The molecule has 0 radical (unpaired) electrons. The Morgan fingerprint density at radius 2 is 1.45 bits per heavy atom. The number of halogens is 3. The maximum absolute atomic E-state index is 13.9. The summed E-state index contributed by atoms with van der Waals surface area (Å²) in [4.78, 5) is 12.6. The second-order valence-corrected chi connectivity index (χ2v) is 8.21. The summed E-state index contributed by atoms with van der Waals surface area (Å²) in [6.07, 6.45) is -4.79. The fourth-order valence-corrected chi connectivity index (χ4v) is 4.07. The number of alkyl halides is 3. The number of amides is 1. The molecule has 1 atom stereocenters. The first-order valence-electron chi connectivity index (χ1n) is 10.0. The average molecular weight is 469 g/mol. The van der Waals surface area contributed by atoms with E-state index >= 15 is 0 Å². The lowest BCUT2D eigenvalue weighted by atomic mass is 10.2. The van der Waals surface area contributed by atoms with Gasteiger partial charge in [0.05, 0.1) is 6.54 Å². The predicted molar refractivity (Wildman–Crippen MR) is 122 cm³/mol. The van der Waals surface area contributed by atoms with Crippen LogP contribution in [0.2, 0.25) is 0 Å². The lowest BCUT2D eigenvalue weighted by Gasteiger charge is -2.19. The van der Waals surface area contributed by atoms with Crippen LogP contribution in [0.1, 0.15) is 5.56 Å². The summed E-state index contributed by atoms with van der Waals surface area (Å²) >= 11 is 0.337. The summed E-state index contributed by atoms with van der Waals surface area (Å²) in [6, 6.07) is 26.4. The Kier molecular flexibility index (Phi) is 6.79. The predicted octanol–water partition coefficient (Wildman–Crippen LogP) is 5.66. The van der Waals surface area contributed by atoms with Crippen molar-refractivity contribution in [1.29, 1.82) is 0 Å². The van der Waals surface area contributed by atoms with Gasteiger partial charge in [0.15, 0.2) is 16.2 Å². The molecule has 1 unspecified atom stereocenters. The van der Waals surface area contributed by atoms with Crippen LogP contribution in [-0.4, -0.2) is 32.1 Å². The molecule has 33 heavy (non-hydrogen) atoms. The highest BCUT2D eigenvalue weighted by Crippen LogP contribution is 2.37. The van der Waals surface area contributed by atoms with Crippen molar-refractivity contribution in [1.82, 2.24) is 14.8 Å². The van der Waals surface area contributed by atoms with E-state index in [9.17, 15) is 18.0 Å². The van der Waals surface area contributed by atoms with Gasteiger partial charge in [0.2, 0.25) is 5.91 Å². The number of thioether (sulfide) groups is 1. The van der Waals surface area contributed by atoms with Crippen LogP contribution in [0.25, 0.3) is 11.4 Å². The lowest BCUT2D eigenvalue weighted by Crippen LogP contribution is -2.38. The van der Waals surface area contributed by atoms with E-state index in [1.807, 2.05) is 60.7 Å². The third kappa shape index (κ3) is 5.61. The van der Waals surface area contributed by atoms with Crippen molar-refractivity contribution in [2.24, 2.45) is 0 Å². The summed E-state index contributed by atoms with van der Waals surface area (Å²) in [5, 5.41) is 8.16. The molecule has 9 heteroatoms. The van der Waals surface area contributed by atoms with Crippen molar-refractivity contribution < 1.29 is 18.0 Å². The zero-order chi connectivity index (χ0) is 23.3. The van der Waals surface area contributed by atoms with E-state index in [1.165, 1.54) is 12.1 Å². The number of nitrogens with zero attached hydrogens (tertiary/aromatic N) is 3. The van der Waals surface area contributed by atoms with Crippen LogP contribution in [0.15, 0.2) is 96.2 Å². The van der Waals surface area contributed by atoms with E-state index in [-0.39, 0.29) is 17.4 Å². The van der Waals surface area contributed by atoms with E-state index in [2.05, 4.69) is 15.5 Å². The zero-order valence-corrected chi connectivity index (χ0v) is 18.1. The number of hydrogen-bond donors (Lipinski definition) is 1. The summed E-state index contributed by atoms with van der Waals surface area (Å²) in [5.41, 5.74) is 1.87. The fraction of sp³-hybridized carbons (Fsp3) is 0.125. The maximum Gasteiger partial charge on any atom is 0.409 e. The number of rotatable bonds is 7. The number of aromatic nitrogens is 3. The van der Waals surface area contributed by atoms with E-state index in [0.29, 0.717) is 23.1 Å². The molecular weight excluding hydrogens is 449 g/mol. The van der Waals surface area contributed by atoms with E-state index in [4.69, 9.17) is 0 Å². The fourth-order valence-electron chi connectivity index (χ4n) is 3.19. The molecule has 1 amide bonds. The molecule has 0 aliphatic rings. The van der Waals surface area contributed by atoms with Crippen molar-refractivity contribution in [2.45, 2.75) is 23.1 Å². The summed E-state index contributed by atoms with van der Waals surface area (Å²) < 4.78 is 43.3. The molecule has 1 N–H and O–H groups in total. The van der Waals surface area contributed by atoms with Gasteiger partial charge < -0.3 is 5.32 Å². The molecule has 0 bridgehead atoms. The Balaban J connectivity index is 1.68. The first kappa shape index (κ1) is 22.6. The summed E-state index contributed by atoms with van der Waals surface area (Å²) in [7, 11) is 0.